The Labute approximate surface area is 107 Å². The van der Waals surface area contributed by atoms with Gasteiger partial charge in [0.15, 0.2) is 0 Å². The molecule has 0 bridgehead atoms. The number of carbonyl (C=O) groups is 1. The van der Waals surface area contributed by atoms with Crippen LogP contribution in [0.15, 0.2) is 18.2 Å². The molecule has 0 saturated carbocycles. The molecule has 1 fully saturated rings. The molecule has 1 aliphatic heterocycles. The number of aryl methyl sites for hydroxylation is 1. The zero-order valence-corrected chi connectivity index (χ0v) is 10.8. The van der Waals surface area contributed by atoms with E-state index in [0.29, 0.717) is 6.54 Å². The van der Waals surface area contributed by atoms with Crippen LogP contribution in [-0.4, -0.2) is 19.0 Å². The van der Waals surface area contributed by atoms with Crippen LogP contribution in [0.4, 0.5) is 10.1 Å². The van der Waals surface area contributed by atoms with E-state index in [4.69, 9.17) is 0 Å². The van der Waals surface area contributed by atoms with Crippen molar-refractivity contribution in [1.29, 1.82) is 0 Å². The second kappa shape index (κ2) is 5.06. The van der Waals surface area contributed by atoms with Gasteiger partial charge in [0.1, 0.15) is 5.82 Å². The van der Waals surface area contributed by atoms with Gasteiger partial charge >= 0.3 is 0 Å². The van der Waals surface area contributed by atoms with Crippen LogP contribution in [-0.2, 0) is 4.79 Å². The predicted molar refractivity (Wildman–Crippen MR) is 70.0 cm³/mol. The van der Waals surface area contributed by atoms with E-state index in [1.807, 2.05) is 13.8 Å². The highest BCUT2D eigenvalue weighted by Gasteiger charge is 2.39. The van der Waals surface area contributed by atoms with Gasteiger partial charge in [-0.2, -0.15) is 0 Å². The van der Waals surface area contributed by atoms with Crippen LogP contribution in [0.1, 0.15) is 25.3 Å². The Bertz CT molecular complexity index is 453. The molecule has 0 aromatic heterocycles. The van der Waals surface area contributed by atoms with Gasteiger partial charge in [-0.05, 0) is 44.0 Å². The number of hydrogen-bond donors (Lipinski definition) is 2. The summed E-state index contributed by atoms with van der Waals surface area (Å²) in [5.41, 5.74) is 0.817. The molecular formula is C14H19FN2O. The first-order valence-corrected chi connectivity index (χ1v) is 6.36. The maximum atomic E-state index is 13.6. The first-order chi connectivity index (χ1) is 8.57. The molecule has 2 rings (SSSR count). The van der Waals surface area contributed by atoms with Gasteiger partial charge in [-0.25, -0.2) is 4.39 Å². The molecule has 2 N–H and O–H groups in total. The zero-order valence-electron chi connectivity index (χ0n) is 10.8. The summed E-state index contributed by atoms with van der Waals surface area (Å²) < 4.78 is 13.6. The second-order valence-corrected chi connectivity index (χ2v) is 5.00. The molecule has 98 valence electrons. The number of hydrogen-bond acceptors (Lipinski definition) is 2. The van der Waals surface area contributed by atoms with Gasteiger partial charge in [-0.3, -0.25) is 4.79 Å². The third-order valence-corrected chi connectivity index (χ3v) is 3.77. The Morgan fingerprint density at radius 3 is 2.94 bits per heavy atom. The number of nitrogens with one attached hydrogen (secondary N) is 2. The average molecular weight is 250 g/mol. The van der Waals surface area contributed by atoms with Crippen LogP contribution in [0.3, 0.4) is 0 Å². The summed E-state index contributed by atoms with van der Waals surface area (Å²) in [6.45, 7) is 5.39. The Kier molecular flexibility index (Phi) is 3.66. The van der Waals surface area contributed by atoms with Gasteiger partial charge in [-0.1, -0.05) is 13.0 Å². The highest BCUT2D eigenvalue weighted by Crippen LogP contribution is 2.31. The molecule has 1 aromatic carbocycles. The van der Waals surface area contributed by atoms with E-state index in [1.54, 1.807) is 12.1 Å². The van der Waals surface area contributed by atoms with E-state index in [-0.39, 0.29) is 17.4 Å². The number of benzene rings is 1. The molecule has 4 heteroatoms. The highest BCUT2D eigenvalue weighted by molar-refractivity contribution is 5.95. The van der Waals surface area contributed by atoms with Gasteiger partial charge in [-0.15, -0.1) is 0 Å². The van der Waals surface area contributed by atoms with E-state index >= 15 is 0 Å². The lowest BCUT2D eigenvalue weighted by Gasteiger charge is -2.25. The standard InChI is InChI=1S/C14H19FN2O/c1-3-14(6-7-16-9-14)13(18)17-12-8-10(2)4-5-11(12)15/h4-5,8,16H,3,6-7,9H2,1-2H3,(H,17,18). The Balaban J connectivity index is 2.18. The molecule has 1 amide bonds. The van der Waals surface area contributed by atoms with Crippen molar-refractivity contribution in [3.8, 4) is 0 Å². The lowest BCUT2D eigenvalue weighted by molar-refractivity contribution is -0.124. The summed E-state index contributed by atoms with van der Waals surface area (Å²) in [5.74, 6) is -0.467. The summed E-state index contributed by atoms with van der Waals surface area (Å²) in [6.07, 6.45) is 1.57. The van der Waals surface area contributed by atoms with Crippen molar-refractivity contribution in [1.82, 2.24) is 5.32 Å². The van der Waals surface area contributed by atoms with E-state index in [2.05, 4.69) is 10.6 Å². The zero-order chi connectivity index (χ0) is 13.2. The van der Waals surface area contributed by atoms with Gasteiger partial charge in [0, 0.05) is 6.54 Å². The fraction of sp³-hybridized carbons (Fsp3) is 0.500. The fourth-order valence-electron chi connectivity index (χ4n) is 2.39. The Hall–Kier alpha value is -1.42. The first kappa shape index (κ1) is 13.0. The molecule has 1 aromatic rings. The van der Waals surface area contributed by atoms with Crippen molar-refractivity contribution in [2.24, 2.45) is 5.41 Å². The number of anilines is 1. The number of carbonyl (C=O) groups excluding carboxylic acids is 1. The van der Waals surface area contributed by atoms with Crippen molar-refractivity contribution in [3.05, 3.63) is 29.6 Å². The van der Waals surface area contributed by atoms with Crippen molar-refractivity contribution in [3.63, 3.8) is 0 Å². The van der Waals surface area contributed by atoms with E-state index in [1.165, 1.54) is 6.07 Å². The largest absolute Gasteiger partial charge is 0.323 e. The molecule has 0 aliphatic carbocycles. The SMILES string of the molecule is CCC1(C(=O)Nc2cc(C)ccc2F)CCNC1. The smallest absolute Gasteiger partial charge is 0.231 e. The quantitative estimate of drug-likeness (QED) is 0.865. The number of halogens is 1. The summed E-state index contributed by atoms with van der Waals surface area (Å²) in [7, 11) is 0. The number of amides is 1. The minimum atomic E-state index is -0.393. The molecule has 18 heavy (non-hydrogen) atoms. The molecule has 0 spiro atoms. The normalized spacial score (nSPS) is 23.1. The minimum absolute atomic E-state index is 0.0838. The lowest BCUT2D eigenvalue weighted by Crippen LogP contribution is -2.37. The third kappa shape index (κ3) is 2.38. The first-order valence-electron chi connectivity index (χ1n) is 6.36. The molecule has 0 radical (unpaired) electrons. The van der Waals surface area contributed by atoms with Crippen molar-refractivity contribution in [2.45, 2.75) is 26.7 Å². The third-order valence-electron chi connectivity index (χ3n) is 3.77. The maximum absolute atomic E-state index is 13.6. The van der Waals surface area contributed by atoms with Crippen molar-refractivity contribution in [2.75, 3.05) is 18.4 Å². The van der Waals surface area contributed by atoms with Crippen molar-refractivity contribution >= 4 is 11.6 Å². The molecule has 3 nitrogen and oxygen atoms in total. The van der Waals surface area contributed by atoms with Crippen LogP contribution in [0, 0.1) is 18.2 Å². The summed E-state index contributed by atoms with van der Waals surface area (Å²) >= 11 is 0. The molecular weight excluding hydrogens is 231 g/mol. The van der Waals surface area contributed by atoms with Gasteiger partial charge in [0.25, 0.3) is 0 Å². The van der Waals surface area contributed by atoms with Crippen LogP contribution >= 0.6 is 0 Å². The van der Waals surface area contributed by atoms with Crippen molar-refractivity contribution < 1.29 is 9.18 Å². The second-order valence-electron chi connectivity index (χ2n) is 5.00. The molecule has 1 atom stereocenters. The lowest BCUT2D eigenvalue weighted by atomic mass is 9.83. The van der Waals surface area contributed by atoms with E-state index < -0.39 is 5.41 Å². The monoisotopic (exact) mass is 250 g/mol. The van der Waals surface area contributed by atoms with Gasteiger partial charge in [0.2, 0.25) is 5.91 Å². The van der Waals surface area contributed by atoms with Gasteiger partial charge < -0.3 is 10.6 Å². The summed E-state index contributed by atoms with van der Waals surface area (Å²) in [4.78, 5) is 12.3. The number of rotatable bonds is 3. The predicted octanol–water partition coefficient (Wildman–Crippen LogP) is 2.46. The molecule has 1 unspecified atom stereocenters. The molecule has 1 saturated heterocycles. The molecule has 1 aliphatic rings. The highest BCUT2D eigenvalue weighted by atomic mass is 19.1. The van der Waals surface area contributed by atoms with Crippen LogP contribution in [0.2, 0.25) is 0 Å². The maximum Gasteiger partial charge on any atom is 0.231 e. The van der Waals surface area contributed by atoms with Gasteiger partial charge in [0.05, 0.1) is 11.1 Å². The topological polar surface area (TPSA) is 41.1 Å². The summed E-state index contributed by atoms with van der Waals surface area (Å²) in [6, 6.07) is 4.74. The van der Waals surface area contributed by atoms with E-state index in [9.17, 15) is 9.18 Å². The minimum Gasteiger partial charge on any atom is -0.323 e. The summed E-state index contributed by atoms with van der Waals surface area (Å²) in [5, 5.41) is 5.93. The van der Waals surface area contributed by atoms with E-state index in [0.717, 1.165) is 24.9 Å². The van der Waals surface area contributed by atoms with Crippen LogP contribution in [0.5, 0.6) is 0 Å². The molecule has 1 heterocycles. The average Bonchev–Trinajstić information content (AvgIpc) is 2.84. The van der Waals surface area contributed by atoms with Crippen LogP contribution < -0.4 is 10.6 Å². The Morgan fingerprint density at radius 1 is 1.56 bits per heavy atom. The van der Waals surface area contributed by atoms with Crippen LogP contribution in [0.25, 0.3) is 0 Å². The fourth-order valence-corrected chi connectivity index (χ4v) is 2.39. The Morgan fingerprint density at radius 2 is 2.33 bits per heavy atom.